The SMILES string of the molecule is CCC1(C)CNCC2(CCCC(C3CC3)C2)O1. The Morgan fingerprint density at radius 2 is 2.00 bits per heavy atom. The molecule has 2 saturated carbocycles. The largest absolute Gasteiger partial charge is 0.366 e. The first-order chi connectivity index (χ1) is 8.15. The number of morpholine rings is 1. The smallest absolute Gasteiger partial charge is 0.0817 e. The number of hydrogen-bond acceptors (Lipinski definition) is 2. The first kappa shape index (κ1) is 12.0. The van der Waals surface area contributed by atoms with Gasteiger partial charge in [-0.2, -0.15) is 0 Å². The molecule has 3 atom stereocenters. The van der Waals surface area contributed by atoms with E-state index in [9.17, 15) is 0 Å². The lowest BCUT2D eigenvalue weighted by atomic mass is 9.74. The summed E-state index contributed by atoms with van der Waals surface area (Å²) in [5.74, 6) is 2.01. The van der Waals surface area contributed by atoms with Crippen LogP contribution in [0.15, 0.2) is 0 Å². The molecule has 17 heavy (non-hydrogen) atoms. The minimum absolute atomic E-state index is 0.0731. The zero-order valence-corrected chi connectivity index (χ0v) is 11.4. The third-order valence-electron chi connectivity index (χ3n) is 5.29. The second-order valence-corrected chi connectivity index (χ2v) is 6.89. The Morgan fingerprint density at radius 1 is 1.18 bits per heavy atom. The maximum atomic E-state index is 6.60. The molecule has 0 amide bonds. The molecule has 0 aromatic rings. The summed E-state index contributed by atoms with van der Waals surface area (Å²) >= 11 is 0. The average Bonchev–Trinajstić information content (AvgIpc) is 3.13. The highest BCUT2D eigenvalue weighted by Gasteiger charge is 2.47. The molecule has 0 bridgehead atoms. The molecule has 2 heteroatoms. The first-order valence-electron chi connectivity index (χ1n) is 7.56. The van der Waals surface area contributed by atoms with E-state index in [1.165, 1.54) is 38.5 Å². The molecule has 1 saturated heterocycles. The van der Waals surface area contributed by atoms with Gasteiger partial charge < -0.3 is 10.1 Å². The van der Waals surface area contributed by atoms with Gasteiger partial charge in [-0.25, -0.2) is 0 Å². The van der Waals surface area contributed by atoms with Crippen molar-refractivity contribution in [3.63, 3.8) is 0 Å². The van der Waals surface area contributed by atoms with Crippen molar-refractivity contribution in [1.29, 1.82) is 0 Å². The molecule has 1 heterocycles. The van der Waals surface area contributed by atoms with E-state index in [2.05, 4.69) is 19.2 Å². The van der Waals surface area contributed by atoms with Gasteiger partial charge in [-0.1, -0.05) is 13.3 Å². The summed E-state index contributed by atoms with van der Waals surface area (Å²) in [6, 6.07) is 0. The molecule has 0 aromatic carbocycles. The van der Waals surface area contributed by atoms with Crippen LogP contribution in [0.4, 0.5) is 0 Å². The van der Waals surface area contributed by atoms with Crippen LogP contribution in [-0.4, -0.2) is 24.3 Å². The molecule has 3 fully saturated rings. The zero-order chi connectivity index (χ0) is 11.9. The van der Waals surface area contributed by atoms with Gasteiger partial charge in [0.1, 0.15) is 0 Å². The van der Waals surface area contributed by atoms with E-state index in [0.717, 1.165) is 31.3 Å². The Morgan fingerprint density at radius 3 is 2.71 bits per heavy atom. The molecule has 2 nitrogen and oxygen atoms in total. The third kappa shape index (κ3) is 2.39. The van der Waals surface area contributed by atoms with Gasteiger partial charge in [0.2, 0.25) is 0 Å². The van der Waals surface area contributed by atoms with Gasteiger partial charge in [0.05, 0.1) is 11.2 Å². The van der Waals surface area contributed by atoms with E-state index in [0.29, 0.717) is 0 Å². The maximum absolute atomic E-state index is 6.60. The predicted octanol–water partition coefficient (Wildman–Crippen LogP) is 3.11. The number of ether oxygens (including phenoxy) is 1. The van der Waals surface area contributed by atoms with Crippen molar-refractivity contribution in [2.45, 2.75) is 70.0 Å². The molecule has 1 aliphatic heterocycles. The van der Waals surface area contributed by atoms with Gasteiger partial charge in [-0.15, -0.1) is 0 Å². The fourth-order valence-corrected chi connectivity index (χ4v) is 3.94. The Balaban J connectivity index is 1.70. The fourth-order valence-electron chi connectivity index (χ4n) is 3.94. The second kappa shape index (κ2) is 4.24. The fraction of sp³-hybridized carbons (Fsp3) is 1.00. The standard InChI is InChI=1S/C15H27NO/c1-3-14(2)10-16-11-15(17-14)8-4-5-13(9-15)12-6-7-12/h12-13,16H,3-11H2,1-2H3. The second-order valence-electron chi connectivity index (χ2n) is 6.89. The molecule has 3 aliphatic rings. The summed E-state index contributed by atoms with van der Waals surface area (Å²) in [7, 11) is 0. The average molecular weight is 237 g/mol. The van der Waals surface area contributed by atoms with E-state index >= 15 is 0 Å². The van der Waals surface area contributed by atoms with Gasteiger partial charge in [0.15, 0.2) is 0 Å². The lowest BCUT2D eigenvalue weighted by molar-refractivity contribution is -0.192. The molecule has 2 aliphatic carbocycles. The van der Waals surface area contributed by atoms with Crippen LogP contribution in [0, 0.1) is 11.8 Å². The highest BCUT2D eigenvalue weighted by atomic mass is 16.5. The van der Waals surface area contributed by atoms with Crippen molar-refractivity contribution in [3.05, 3.63) is 0 Å². The summed E-state index contributed by atoms with van der Waals surface area (Å²) in [6.45, 7) is 6.65. The molecular formula is C15H27NO. The zero-order valence-electron chi connectivity index (χ0n) is 11.4. The molecular weight excluding hydrogens is 210 g/mol. The van der Waals surface area contributed by atoms with Gasteiger partial charge >= 0.3 is 0 Å². The summed E-state index contributed by atoms with van der Waals surface area (Å²) in [4.78, 5) is 0. The van der Waals surface area contributed by atoms with Crippen molar-refractivity contribution in [2.75, 3.05) is 13.1 Å². The van der Waals surface area contributed by atoms with E-state index in [1.54, 1.807) is 0 Å². The van der Waals surface area contributed by atoms with Crippen LogP contribution in [0.3, 0.4) is 0 Å². The Labute approximate surface area is 105 Å². The molecule has 1 spiro atoms. The van der Waals surface area contributed by atoms with Crippen LogP contribution in [0.5, 0.6) is 0 Å². The van der Waals surface area contributed by atoms with E-state index < -0.39 is 0 Å². The van der Waals surface area contributed by atoms with Crippen LogP contribution in [0.25, 0.3) is 0 Å². The minimum atomic E-state index is 0.0731. The quantitative estimate of drug-likeness (QED) is 0.797. The predicted molar refractivity (Wildman–Crippen MR) is 70.1 cm³/mol. The Hall–Kier alpha value is -0.0800. The molecule has 0 aromatic heterocycles. The van der Waals surface area contributed by atoms with Crippen LogP contribution >= 0.6 is 0 Å². The monoisotopic (exact) mass is 237 g/mol. The van der Waals surface area contributed by atoms with Crippen LogP contribution < -0.4 is 5.32 Å². The topological polar surface area (TPSA) is 21.3 Å². The van der Waals surface area contributed by atoms with Crippen LogP contribution in [0.1, 0.15) is 58.8 Å². The highest BCUT2D eigenvalue weighted by molar-refractivity contribution is 5.00. The van der Waals surface area contributed by atoms with E-state index in [4.69, 9.17) is 4.74 Å². The number of rotatable bonds is 2. The van der Waals surface area contributed by atoms with Crippen molar-refractivity contribution < 1.29 is 4.74 Å². The van der Waals surface area contributed by atoms with Gasteiger partial charge in [0, 0.05) is 13.1 Å². The maximum Gasteiger partial charge on any atom is 0.0817 e. The Kier molecular flexibility index (Phi) is 2.99. The number of nitrogens with one attached hydrogen (secondary N) is 1. The summed E-state index contributed by atoms with van der Waals surface area (Å²) < 4.78 is 6.60. The normalized spacial score (nSPS) is 47.3. The van der Waals surface area contributed by atoms with Crippen molar-refractivity contribution in [1.82, 2.24) is 5.32 Å². The van der Waals surface area contributed by atoms with Crippen molar-refractivity contribution in [3.8, 4) is 0 Å². The van der Waals surface area contributed by atoms with Crippen LogP contribution in [0.2, 0.25) is 0 Å². The minimum Gasteiger partial charge on any atom is -0.366 e. The molecule has 1 N–H and O–H groups in total. The van der Waals surface area contributed by atoms with E-state index in [-0.39, 0.29) is 11.2 Å². The number of hydrogen-bond donors (Lipinski definition) is 1. The summed E-state index contributed by atoms with van der Waals surface area (Å²) in [6.07, 6.45) is 9.52. The first-order valence-corrected chi connectivity index (χ1v) is 7.56. The molecule has 98 valence electrons. The third-order valence-corrected chi connectivity index (χ3v) is 5.29. The highest BCUT2D eigenvalue weighted by Crippen LogP contribution is 2.49. The van der Waals surface area contributed by atoms with Crippen molar-refractivity contribution >= 4 is 0 Å². The molecule has 3 rings (SSSR count). The van der Waals surface area contributed by atoms with Gasteiger partial charge in [-0.3, -0.25) is 0 Å². The molecule has 0 radical (unpaired) electrons. The van der Waals surface area contributed by atoms with Crippen LogP contribution in [-0.2, 0) is 4.74 Å². The van der Waals surface area contributed by atoms with E-state index in [1.807, 2.05) is 0 Å². The van der Waals surface area contributed by atoms with Crippen molar-refractivity contribution in [2.24, 2.45) is 11.8 Å². The summed E-state index contributed by atoms with van der Waals surface area (Å²) in [5, 5.41) is 3.64. The Bertz CT molecular complexity index is 285. The summed E-state index contributed by atoms with van der Waals surface area (Å²) in [5.41, 5.74) is 0.248. The lowest BCUT2D eigenvalue weighted by Gasteiger charge is -2.50. The van der Waals surface area contributed by atoms with Gasteiger partial charge in [-0.05, 0) is 57.3 Å². The van der Waals surface area contributed by atoms with Gasteiger partial charge in [0.25, 0.3) is 0 Å². The molecule has 3 unspecified atom stereocenters. The lowest BCUT2D eigenvalue weighted by Crippen LogP contribution is -2.60.